The molecule has 0 aromatic heterocycles. The second-order valence-electron chi connectivity index (χ2n) is 10.00. The summed E-state index contributed by atoms with van der Waals surface area (Å²) in [4.78, 5) is 26.3. The molecule has 1 heterocycles. The monoisotopic (exact) mass is 495 g/mol. The maximum atomic E-state index is 13.2. The molecular formula is C27H33N3O4S. The summed E-state index contributed by atoms with van der Waals surface area (Å²) in [5.41, 5.74) is 3.36. The molecule has 0 radical (unpaired) electrons. The Morgan fingerprint density at radius 2 is 1.66 bits per heavy atom. The minimum atomic E-state index is -3.58. The fraction of sp³-hybridized carbons (Fsp3) is 0.481. The van der Waals surface area contributed by atoms with Gasteiger partial charge in [0.1, 0.15) is 6.04 Å². The number of aryl methyl sites for hydroxylation is 2. The molecule has 3 aliphatic rings. The lowest BCUT2D eigenvalue weighted by Gasteiger charge is -2.31. The third kappa shape index (κ3) is 5.59. The Balaban J connectivity index is 1.20. The summed E-state index contributed by atoms with van der Waals surface area (Å²) in [5.74, 6) is -0.638. The number of nitrogens with zero attached hydrogens (tertiary/aromatic N) is 1. The van der Waals surface area contributed by atoms with Gasteiger partial charge in [-0.2, -0.15) is 4.31 Å². The molecule has 5 rings (SSSR count). The van der Waals surface area contributed by atoms with Gasteiger partial charge in [-0.05, 0) is 73.8 Å². The van der Waals surface area contributed by atoms with Gasteiger partial charge in [0.15, 0.2) is 0 Å². The Hall–Kier alpha value is -2.71. The maximum Gasteiger partial charge on any atom is 0.243 e. The Kier molecular flexibility index (Phi) is 6.93. The SMILES string of the molecule is O=C(NC(Cc1ccccc1)C(=O)NC1CC1)C1CCN(S(=O)(=O)c2ccc3c(c2)CCC3)CC1. The van der Waals surface area contributed by atoms with Crippen molar-refractivity contribution in [1.29, 1.82) is 0 Å². The van der Waals surface area contributed by atoms with E-state index in [2.05, 4.69) is 10.6 Å². The highest BCUT2D eigenvalue weighted by molar-refractivity contribution is 7.89. The molecule has 0 spiro atoms. The molecule has 1 unspecified atom stereocenters. The Morgan fingerprint density at radius 3 is 2.37 bits per heavy atom. The first-order valence-electron chi connectivity index (χ1n) is 12.7. The van der Waals surface area contributed by atoms with E-state index in [1.807, 2.05) is 42.5 Å². The number of fused-ring (bicyclic) bond motifs is 1. The van der Waals surface area contributed by atoms with Crippen LogP contribution in [0.1, 0.15) is 48.8 Å². The normalized spacial score (nSPS) is 19.7. The Morgan fingerprint density at radius 1 is 0.943 bits per heavy atom. The molecule has 2 N–H and O–H groups in total. The van der Waals surface area contributed by atoms with Crippen LogP contribution in [-0.4, -0.2) is 49.7 Å². The molecule has 1 atom stereocenters. The first kappa shape index (κ1) is 24.0. The third-order valence-corrected chi connectivity index (χ3v) is 9.27. The van der Waals surface area contributed by atoms with Crippen molar-refractivity contribution in [3.8, 4) is 0 Å². The fourth-order valence-electron chi connectivity index (χ4n) is 5.09. The van der Waals surface area contributed by atoms with Crippen molar-refractivity contribution in [2.75, 3.05) is 13.1 Å². The van der Waals surface area contributed by atoms with Gasteiger partial charge in [-0.15, -0.1) is 0 Å². The number of sulfonamides is 1. The zero-order valence-corrected chi connectivity index (χ0v) is 20.7. The number of hydrogen-bond donors (Lipinski definition) is 2. The van der Waals surface area contributed by atoms with Crippen LogP contribution in [0, 0.1) is 5.92 Å². The Bertz CT molecular complexity index is 1190. The van der Waals surface area contributed by atoms with E-state index in [0.717, 1.165) is 43.2 Å². The zero-order valence-electron chi connectivity index (χ0n) is 19.9. The van der Waals surface area contributed by atoms with Crippen LogP contribution in [0.3, 0.4) is 0 Å². The Labute approximate surface area is 207 Å². The highest BCUT2D eigenvalue weighted by atomic mass is 32.2. The topological polar surface area (TPSA) is 95.6 Å². The molecule has 1 aliphatic heterocycles. The van der Waals surface area contributed by atoms with E-state index in [0.29, 0.717) is 37.2 Å². The lowest BCUT2D eigenvalue weighted by atomic mass is 9.96. The van der Waals surface area contributed by atoms with E-state index in [1.54, 1.807) is 6.07 Å². The van der Waals surface area contributed by atoms with E-state index in [-0.39, 0.29) is 23.8 Å². The van der Waals surface area contributed by atoms with Crippen molar-refractivity contribution >= 4 is 21.8 Å². The molecule has 2 aromatic carbocycles. The number of benzene rings is 2. The summed E-state index contributed by atoms with van der Waals surface area (Å²) >= 11 is 0. The van der Waals surface area contributed by atoms with Gasteiger partial charge in [0.05, 0.1) is 4.90 Å². The summed E-state index contributed by atoms with van der Waals surface area (Å²) in [6.45, 7) is 0.601. The van der Waals surface area contributed by atoms with E-state index in [1.165, 1.54) is 9.87 Å². The van der Waals surface area contributed by atoms with Crippen LogP contribution >= 0.6 is 0 Å². The zero-order chi connectivity index (χ0) is 24.4. The number of nitrogens with one attached hydrogen (secondary N) is 2. The van der Waals surface area contributed by atoms with Gasteiger partial charge in [0.2, 0.25) is 21.8 Å². The minimum absolute atomic E-state index is 0.152. The van der Waals surface area contributed by atoms with Crippen LogP contribution in [0.15, 0.2) is 53.4 Å². The van der Waals surface area contributed by atoms with E-state index in [9.17, 15) is 18.0 Å². The van der Waals surface area contributed by atoms with Crippen molar-refractivity contribution in [2.45, 2.75) is 68.3 Å². The molecule has 1 saturated carbocycles. The number of carbonyl (C=O) groups excluding carboxylic acids is 2. The van der Waals surface area contributed by atoms with Gasteiger partial charge >= 0.3 is 0 Å². The molecule has 2 aliphatic carbocycles. The van der Waals surface area contributed by atoms with E-state index >= 15 is 0 Å². The number of rotatable bonds is 8. The number of carbonyl (C=O) groups is 2. The lowest BCUT2D eigenvalue weighted by Crippen LogP contribution is -2.51. The summed E-state index contributed by atoms with van der Waals surface area (Å²) in [7, 11) is -3.58. The quantitative estimate of drug-likeness (QED) is 0.589. The van der Waals surface area contributed by atoms with Gasteiger partial charge in [-0.25, -0.2) is 8.42 Å². The summed E-state index contributed by atoms with van der Waals surface area (Å²) in [6.07, 6.45) is 6.29. The molecule has 35 heavy (non-hydrogen) atoms. The first-order valence-corrected chi connectivity index (χ1v) is 14.1. The smallest absolute Gasteiger partial charge is 0.243 e. The van der Waals surface area contributed by atoms with Crippen LogP contribution < -0.4 is 10.6 Å². The summed E-state index contributed by atoms with van der Waals surface area (Å²) < 4.78 is 27.9. The number of amides is 2. The molecular weight excluding hydrogens is 462 g/mol. The molecule has 7 nitrogen and oxygen atoms in total. The second-order valence-corrected chi connectivity index (χ2v) is 11.9. The van der Waals surface area contributed by atoms with Crippen LogP contribution in [0.25, 0.3) is 0 Å². The fourth-order valence-corrected chi connectivity index (χ4v) is 6.62. The standard InChI is InChI=1S/C27H33N3O4S/c31-26(29-25(27(32)28-23-10-11-23)17-19-5-2-1-3-6-19)21-13-15-30(16-14-21)35(33,34)24-12-9-20-7-4-8-22(20)18-24/h1-3,5-6,9,12,18,21,23,25H,4,7-8,10-11,13-17H2,(H,28,32)(H,29,31). The first-order chi connectivity index (χ1) is 16.9. The average molecular weight is 496 g/mol. The van der Waals surface area contributed by atoms with Gasteiger partial charge in [0.25, 0.3) is 0 Å². The van der Waals surface area contributed by atoms with Gasteiger partial charge < -0.3 is 10.6 Å². The summed E-state index contributed by atoms with van der Waals surface area (Å²) in [5, 5.41) is 5.97. The molecule has 8 heteroatoms. The highest BCUT2D eigenvalue weighted by Crippen LogP contribution is 2.29. The van der Waals surface area contributed by atoms with Crippen LogP contribution in [0.2, 0.25) is 0 Å². The van der Waals surface area contributed by atoms with Gasteiger partial charge in [-0.1, -0.05) is 36.4 Å². The van der Waals surface area contributed by atoms with Crippen LogP contribution in [0.4, 0.5) is 0 Å². The van der Waals surface area contributed by atoms with Gasteiger partial charge in [0, 0.05) is 31.5 Å². The van der Waals surface area contributed by atoms with Crippen LogP contribution in [0.5, 0.6) is 0 Å². The average Bonchev–Trinajstić information content (AvgIpc) is 3.56. The van der Waals surface area contributed by atoms with Crippen LogP contribution in [-0.2, 0) is 38.9 Å². The summed E-state index contributed by atoms with van der Waals surface area (Å²) in [6, 6.07) is 14.7. The second kappa shape index (κ2) is 10.1. The molecule has 1 saturated heterocycles. The molecule has 186 valence electrons. The molecule has 0 bridgehead atoms. The molecule has 2 aromatic rings. The van der Waals surface area contributed by atoms with Crippen molar-refractivity contribution in [3.05, 3.63) is 65.2 Å². The van der Waals surface area contributed by atoms with Gasteiger partial charge in [-0.3, -0.25) is 9.59 Å². The van der Waals surface area contributed by atoms with E-state index in [4.69, 9.17) is 0 Å². The minimum Gasteiger partial charge on any atom is -0.352 e. The van der Waals surface area contributed by atoms with E-state index < -0.39 is 16.1 Å². The lowest BCUT2D eigenvalue weighted by molar-refractivity contribution is -0.131. The predicted octanol–water partition coefficient (Wildman–Crippen LogP) is 2.58. The molecule has 2 fully saturated rings. The predicted molar refractivity (Wildman–Crippen MR) is 133 cm³/mol. The third-order valence-electron chi connectivity index (χ3n) is 7.37. The number of piperidine rings is 1. The number of hydrogen-bond acceptors (Lipinski definition) is 4. The van der Waals surface area contributed by atoms with Crippen molar-refractivity contribution < 1.29 is 18.0 Å². The maximum absolute atomic E-state index is 13.2. The van der Waals surface area contributed by atoms with Crippen molar-refractivity contribution in [2.24, 2.45) is 5.92 Å². The van der Waals surface area contributed by atoms with Crippen molar-refractivity contribution in [3.63, 3.8) is 0 Å². The molecule has 2 amide bonds. The van der Waals surface area contributed by atoms with Crippen molar-refractivity contribution in [1.82, 2.24) is 14.9 Å². The highest BCUT2D eigenvalue weighted by Gasteiger charge is 2.35. The largest absolute Gasteiger partial charge is 0.352 e.